The van der Waals surface area contributed by atoms with Crippen LogP contribution in [0.1, 0.15) is 57.8 Å². The summed E-state index contributed by atoms with van der Waals surface area (Å²) in [5, 5.41) is 19.0. The third-order valence-corrected chi connectivity index (χ3v) is 25.5. The number of aliphatic hydroxyl groups excluding tert-OH is 2. The van der Waals surface area contributed by atoms with E-state index in [1.54, 1.807) is 28.7 Å². The van der Waals surface area contributed by atoms with Crippen molar-refractivity contribution in [1.29, 1.82) is 0 Å². The van der Waals surface area contributed by atoms with E-state index in [1.807, 2.05) is 0 Å². The fourth-order valence-corrected chi connectivity index (χ4v) is 19.7. The van der Waals surface area contributed by atoms with Gasteiger partial charge in [-0.2, -0.15) is 12.6 Å². The molecule has 0 aromatic rings. The molecular formula is C52H84B6N4O33P6S3. The first-order chi connectivity index (χ1) is 49.5. The monoisotopic (exact) mass is 1640 g/mol. The van der Waals surface area contributed by atoms with Crippen LogP contribution in [0.15, 0.2) is 0 Å². The highest BCUT2D eigenvalue weighted by Gasteiger charge is 2.49. The molecule has 576 valence electrons. The topological polar surface area (TPSA) is 413 Å². The number of thiol groups is 1. The number of methoxy groups -OCH3 is 1. The van der Waals surface area contributed by atoms with Gasteiger partial charge in [0.2, 0.25) is 26.2 Å². The Morgan fingerprint density at radius 1 is 0.385 bits per heavy atom. The Balaban J connectivity index is 0.000000387. The van der Waals surface area contributed by atoms with Gasteiger partial charge < -0.3 is 72.5 Å². The van der Waals surface area contributed by atoms with E-state index in [-0.39, 0.29) is 104 Å². The number of hydrogen-bond donors (Lipinski definition) is 5. The van der Waals surface area contributed by atoms with Gasteiger partial charge in [0.05, 0.1) is 89.5 Å². The van der Waals surface area contributed by atoms with Crippen LogP contribution in [0.5, 0.6) is 0 Å². The van der Waals surface area contributed by atoms with Crippen molar-refractivity contribution in [2.24, 2.45) is 0 Å². The second-order valence-corrected chi connectivity index (χ2v) is 35.2. The average molecular weight is 1640 g/mol. The first kappa shape index (κ1) is 94.3. The van der Waals surface area contributed by atoms with Crippen molar-refractivity contribution in [2.45, 2.75) is 167 Å². The third kappa shape index (κ3) is 35.0. The van der Waals surface area contributed by atoms with Gasteiger partial charge >= 0.3 is 46.9 Å². The number of phosphoric acid groups is 6. The Hall–Kier alpha value is -0.300. The van der Waals surface area contributed by atoms with Crippen molar-refractivity contribution in [1.82, 2.24) is 0 Å². The number of nitrogens with zero attached hydrogens (tertiary/aromatic N) is 4. The van der Waals surface area contributed by atoms with Crippen LogP contribution in [0.2, 0.25) is 0 Å². The number of phosphoric ester groups is 6. The Bertz CT molecular complexity index is 3030. The molecule has 0 aromatic heterocycles. The molecule has 52 heteroatoms. The van der Waals surface area contributed by atoms with Crippen LogP contribution >= 0.6 is 81.2 Å². The smallest absolute Gasteiger partial charge is 0.394 e. The van der Waals surface area contributed by atoms with Gasteiger partial charge in [0.25, 0.3) is 0 Å². The molecule has 6 aliphatic heterocycles. The van der Waals surface area contributed by atoms with E-state index >= 15 is 0 Å². The summed E-state index contributed by atoms with van der Waals surface area (Å²) in [5.41, 5.74) is 0. The van der Waals surface area contributed by atoms with Crippen LogP contribution in [0.3, 0.4) is 0 Å². The third-order valence-electron chi connectivity index (χ3n) is 14.6. The standard InChI is InChI=1S/C31H49B3N3O17P3S2.C21H35B3NO16P3S/c1-35-7-12-44-55(39,43-11-6-16-59-58-15-5-10-42-4)53-24-18-30(33)50-27(24)21-48-57(41,46-14-9-37-3)54-25-19-31(34)51-28(25)22-47-56(40,45-13-8-36-2)52-23-17-29(32)49-26(23)20-38;1-25-3-5-33-44(31,32-4-2-6-45)41-15-9-21(24)38-18(15)12-35-43(29,30)40-14-8-20(23)37-17(14)11-34-42(27,28)39-13-7-19(22)36-16(13)10-26/h23-31,38H,5-22H2,4H3;13-21,26,45H,2-12H2,(H,27,28)(H,29,30)/t23-,24-,25-,26-,27-,28-,29-,30-,31-,55?,56?,57?;13-,14-,15-,16-,17-,18-,19-,20-,21-,44?/m11/s1. The molecule has 0 amide bonds. The summed E-state index contributed by atoms with van der Waals surface area (Å²) in [5.74, 6) is 2.04. The molecule has 6 rings (SSSR count). The fourth-order valence-electron chi connectivity index (χ4n) is 9.90. The molecule has 6 aliphatic rings. The molecule has 6 heterocycles. The number of ether oxygens (including phenoxy) is 7. The number of aliphatic hydroxyl groups is 2. The van der Waals surface area contributed by atoms with Gasteiger partial charge in [-0.1, -0.05) is 21.6 Å². The summed E-state index contributed by atoms with van der Waals surface area (Å²) in [4.78, 5) is 33.3. The predicted molar refractivity (Wildman–Crippen MR) is 378 cm³/mol. The summed E-state index contributed by atoms with van der Waals surface area (Å²) >= 11 is 4.07. The zero-order chi connectivity index (χ0) is 76.4. The second-order valence-electron chi connectivity index (χ2n) is 22.8. The molecule has 0 aliphatic carbocycles. The normalized spacial score (nSPS) is 32.4. The average Bonchev–Trinajstić information content (AvgIpc) is 1.67. The van der Waals surface area contributed by atoms with E-state index in [0.717, 1.165) is 12.2 Å². The maximum Gasteiger partial charge on any atom is 0.475 e. The van der Waals surface area contributed by atoms with E-state index in [9.17, 15) is 47.4 Å². The summed E-state index contributed by atoms with van der Waals surface area (Å²) in [6.07, 6.45) is -11.1. The Morgan fingerprint density at radius 3 is 0.933 bits per heavy atom. The van der Waals surface area contributed by atoms with Crippen molar-refractivity contribution in [3.05, 3.63) is 45.7 Å². The minimum atomic E-state index is -4.87. The fraction of sp³-hybridized carbons (Fsp3) is 0.923. The van der Waals surface area contributed by atoms with Crippen molar-refractivity contribution in [2.75, 3.05) is 136 Å². The van der Waals surface area contributed by atoms with Gasteiger partial charge in [-0.05, 0) is 63.5 Å². The van der Waals surface area contributed by atoms with E-state index in [2.05, 4.69) is 32.0 Å². The van der Waals surface area contributed by atoms with Gasteiger partial charge in [-0.25, -0.2) is 53.7 Å². The first-order valence-electron chi connectivity index (χ1n) is 32.4. The van der Waals surface area contributed by atoms with Crippen LogP contribution in [-0.4, -0.2) is 313 Å². The molecule has 0 saturated carbocycles. The lowest BCUT2D eigenvalue weighted by molar-refractivity contribution is -0.0383. The summed E-state index contributed by atoms with van der Waals surface area (Å²) in [6.45, 7) is 23.7. The highest BCUT2D eigenvalue weighted by Crippen LogP contribution is 2.58. The van der Waals surface area contributed by atoms with E-state index in [4.69, 9.17) is 179 Å². The van der Waals surface area contributed by atoms with Crippen LogP contribution in [0.25, 0.3) is 19.4 Å². The second kappa shape index (κ2) is 48.7. The number of rotatable bonds is 52. The molecule has 4 N–H and O–H groups in total. The molecule has 6 unspecified atom stereocenters. The van der Waals surface area contributed by atoms with E-state index in [0.29, 0.717) is 31.0 Å². The zero-order valence-corrected chi connectivity index (χ0v) is 64.6. The minimum absolute atomic E-state index is 0.00268. The lowest BCUT2D eigenvalue weighted by Gasteiger charge is -2.28. The largest absolute Gasteiger partial charge is 0.475 e. The predicted octanol–water partition coefficient (Wildman–Crippen LogP) is 4.57. The highest BCUT2D eigenvalue weighted by atomic mass is 33.1. The molecule has 6 fully saturated rings. The molecule has 24 atom stereocenters. The molecular weight excluding hydrogens is 1560 g/mol. The Morgan fingerprint density at radius 2 is 0.635 bits per heavy atom. The quantitative estimate of drug-likeness (QED) is 0.0139. The van der Waals surface area contributed by atoms with E-state index in [1.165, 1.54) is 0 Å². The maximum atomic E-state index is 14.1. The summed E-state index contributed by atoms with van der Waals surface area (Å²) < 4.78 is 205. The maximum absolute atomic E-state index is 14.1. The highest BCUT2D eigenvalue weighted by molar-refractivity contribution is 8.76. The molecule has 6 saturated heterocycles. The van der Waals surface area contributed by atoms with Gasteiger partial charge in [0.1, 0.15) is 110 Å². The van der Waals surface area contributed by atoms with Crippen molar-refractivity contribution in [3.8, 4) is 0 Å². The molecule has 0 bridgehead atoms. The first-order valence-corrected chi connectivity index (χ1v) is 44.4. The van der Waals surface area contributed by atoms with Gasteiger partial charge in [0.15, 0.2) is 0 Å². The molecule has 12 radical (unpaired) electrons. The van der Waals surface area contributed by atoms with Crippen molar-refractivity contribution in [3.63, 3.8) is 0 Å². The molecule has 37 nitrogen and oxygen atoms in total. The molecule has 0 spiro atoms. The van der Waals surface area contributed by atoms with Crippen LogP contribution in [0.4, 0.5) is 0 Å². The van der Waals surface area contributed by atoms with Crippen LogP contribution < -0.4 is 0 Å². The van der Waals surface area contributed by atoms with Gasteiger partial charge in [-0.3, -0.25) is 72.4 Å². The van der Waals surface area contributed by atoms with Crippen molar-refractivity contribution >= 4 is 128 Å². The zero-order valence-electron chi connectivity index (χ0n) is 56.7. The summed E-state index contributed by atoms with van der Waals surface area (Å²) in [7, 11) is 13.0. The van der Waals surface area contributed by atoms with Gasteiger partial charge in [-0.15, -0.1) is 0 Å². The lowest BCUT2D eigenvalue weighted by Crippen LogP contribution is -2.32. The molecule has 0 aromatic carbocycles. The lowest BCUT2D eigenvalue weighted by atomic mass is 9.96. The van der Waals surface area contributed by atoms with E-state index < -0.39 is 196 Å². The Kier molecular flexibility index (Phi) is 44.1. The number of hydrogen-bond acceptors (Lipinski definition) is 34. The SMILES string of the molecule is [B][C@H]1C[C@@H](OP(=O)(O)OC[C@H]2O[C@@H]([B])C[C@H]2OP(=O)(O)OC[C@H]2O[C@@H]([B])C[C@H]2OP(=O)(OCCCS)OCC[N+]#[C-])[C@@H](CO)O1.[B][C@H]1C[C@@H](OP(=O)(OCC[N+]#[C-])OC[C@H]2O[C@@H]([B])C[C@H]2OP(=O)(OCC[N+]#[C-])OC[C@H]2O[C@@H]([B])C[C@H]2OP(=O)(OCCCSSCCCOC)OCC[N+]#[C-])[C@@H](CO)O1. The van der Waals surface area contributed by atoms with Crippen LogP contribution in [-0.2, 0) is 133 Å². The van der Waals surface area contributed by atoms with Gasteiger partial charge in [0, 0.05) is 61.2 Å². The molecule has 104 heavy (non-hydrogen) atoms. The Labute approximate surface area is 627 Å². The minimum Gasteiger partial charge on any atom is -0.394 e. The summed E-state index contributed by atoms with van der Waals surface area (Å²) in [6, 6.07) is -5.40. The van der Waals surface area contributed by atoms with Crippen LogP contribution in [0, 0.1) is 26.3 Å². The van der Waals surface area contributed by atoms with Crippen molar-refractivity contribution < 1.29 is 153 Å².